The predicted octanol–water partition coefficient (Wildman–Crippen LogP) is -1.52. The Morgan fingerprint density at radius 2 is 0.933 bits per heavy atom. The third kappa shape index (κ3) is 14.3. The van der Waals surface area contributed by atoms with Crippen molar-refractivity contribution in [2.45, 2.75) is 25.8 Å². The Morgan fingerprint density at radius 1 is 0.600 bits per heavy atom. The first-order valence-electron chi connectivity index (χ1n) is 9.18. The van der Waals surface area contributed by atoms with E-state index in [1.165, 1.54) is 9.80 Å². The summed E-state index contributed by atoms with van der Waals surface area (Å²) in [5, 5.41) is 44.6. The molecule has 30 heavy (non-hydrogen) atoms. The normalized spacial score (nSPS) is 12.3. The van der Waals surface area contributed by atoms with E-state index in [1.54, 1.807) is 11.8 Å². The van der Waals surface area contributed by atoms with Gasteiger partial charge in [-0.2, -0.15) is 0 Å². The predicted molar refractivity (Wildman–Crippen MR) is 101 cm³/mol. The Hall–Kier alpha value is -2.77. The van der Waals surface area contributed by atoms with Gasteiger partial charge in [0.15, 0.2) is 0 Å². The quantitative estimate of drug-likeness (QED) is 0.167. The summed E-state index contributed by atoms with van der Waals surface area (Å²) in [5.41, 5.74) is 0. The number of hydrogen-bond acceptors (Lipinski definition) is 8. The molecular formula is C17H29N3O10. The number of hydrogen-bond donors (Lipinski definition) is 5. The van der Waals surface area contributed by atoms with Crippen LogP contribution >= 0.6 is 0 Å². The molecule has 0 amide bonds. The summed E-state index contributed by atoms with van der Waals surface area (Å²) >= 11 is 0. The first-order chi connectivity index (χ1) is 13.9. The van der Waals surface area contributed by atoms with Gasteiger partial charge in [-0.15, -0.1) is 0 Å². The van der Waals surface area contributed by atoms with Crippen LogP contribution in [0.1, 0.15) is 19.8 Å². The largest absolute Gasteiger partial charge is 0.481 e. The lowest BCUT2D eigenvalue weighted by molar-refractivity contribution is -0.143. The van der Waals surface area contributed by atoms with E-state index < -0.39 is 56.0 Å². The molecule has 0 aromatic heterocycles. The van der Waals surface area contributed by atoms with Gasteiger partial charge < -0.3 is 25.5 Å². The Bertz CT molecular complexity index is 541. The van der Waals surface area contributed by atoms with E-state index in [9.17, 15) is 24.0 Å². The van der Waals surface area contributed by atoms with Crippen molar-refractivity contribution in [1.29, 1.82) is 0 Å². The molecule has 13 nitrogen and oxygen atoms in total. The Morgan fingerprint density at radius 3 is 1.20 bits per heavy atom. The van der Waals surface area contributed by atoms with E-state index in [0.29, 0.717) is 0 Å². The summed E-state index contributed by atoms with van der Waals surface area (Å²) < 4.78 is 0. The molecule has 0 rings (SSSR count). The average molecular weight is 435 g/mol. The van der Waals surface area contributed by atoms with Crippen LogP contribution in [0.3, 0.4) is 0 Å². The molecule has 0 aliphatic carbocycles. The van der Waals surface area contributed by atoms with Gasteiger partial charge >= 0.3 is 29.8 Å². The lowest BCUT2D eigenvalue weighted by atomic mass is 10.1. The monoisotopic (exact) mass is 435 g/mol. The summed E-state index contributed by atoms with van der Waals surface area (Å²) in [7, 11) is 0. The van der Waals surface area contributed by atoms with Crippen molar-refractivity contribution < 1.29 is 49.5 Å². The molecule has 13 heteroatoms. The summed E-state index contributed by atoms with van der Waals surface area (Å²) in [4.78, 5) is 58.8. The number of rotatable bonds is 18. The molecule has 0 aliphatic rings. The smallest absolute Gasteiger partial charge is 0.317 e. The first kappa shape index (κ1) is 27.2. The molecular weight excluding hydrogens is 406 g/mol. The second kappa shape index (κ2) is 14.3. The molecule has 0 heterocycles. The summed E-state index contributed by atoms with van der Waals surface area (Å²) in [6, 6.07) is -0.297. The lowest BCUT2D eigenvalue weighted by Crippen LogP contribution is -2.47. The van der Waals surface area contributed by atoms with E-state index >= 15 is 0 Å². The molecule has 0 spiro atoms. The fourth-order valence-electron chi connectivity index (χ4n) is 2.80. The average Bonchev–Trinajstić information content (AvgIpc) is 2.57. The molecule has 0 aromatic rings. The van der Waals surface area contributed by atoms with Crippen LogP contribution in [-0.4, -0.2) is 128 Å². The SMILES string of the molecule is CC(CCC(=O)O)N(CCN(CC(=O)O)CC(=O)O)CCN(CC(=O)O)CC(=O)O. The van der Waals surface area contributed by atoms with Crippen LogP contribution < -0.4 is 0 Å². The number of nitrogens with zero attached hydrogens (tertiary/aromatic N) is 3. The second-order valence-corrected chi connectivity index (χ2v) is 6.81. The van der Waals surface area contributed by atoms with Gasteiger partial charge in [0.05, 0.1) is 26.2 Å². The van der Waals surface area contributed by atoms with Crippen molar-refractivity contribution in [2.24, 2.45) is 0 Å². The van der Waals surface area contributed by atoms with Crippen LogP contribution in [-0.2, 0) is 24.0 Å². The van der Waals surface area contributed by atoms with Crippen molar-refractivity contribution in [2.75, 3.05) is 52.4 Å². The van der Waals surface area contributed by atoms with E-state index in [2.05, 4.69) is 0 Å². The van der Waals surface area contributed by atoms with Gasteiger partial charge in [-0.05, 0) is 13.3 Å². The van der Waals surface area contributed by atoms with Crippen LogP contribution in [0.2, 0.25) is 0 Å². The van der Waals surface area contributed by atoms with Crippen LogP contribution in [0, 0.1) is 0 Å². The van der Waals surface area contributed by atoms with E-state index in [-0.39, 0.29) is 45.1 Å². The van der Waals surface area contributed by atoms with Gasteiger partial charge in [-0.25, -0.2) is 0 Å². The van der Waals surface area contributed by atoms with Crippen molar-refractivity contribution in [1.82, 2.24) is 14.7 Å². The Kier molecular flexibility index (Phi) is 12.9. The molecule has 0 radical (unpaired) electrons. The zero-order valence-corrected chi connectivity index (χ0v) is 16.8. The van der Waals surface area contributed by atoms with Gasteiger partial charge in [0.1, 0.15) is 0 Å². The highest BCUT2D eigenvalue weighted by Gasteiger charge is 2.21. The third-order valence-corrected chi connectivity index (χ3v) is 4.24. The van der Waals surface area contributed by atoms with Crippen LogP contribution in [0.15, 0.2) is 0 Å². The Balaban J connectivity index is 5.15. The van der Waals surface area contributed by atoms with Crippen molar-refractivity contribution in [3.8, 4) is 0 Å². The van der Waals surface area contributed by atoms with Crippen molar-refractivity contribution in [3.05, 3.63) is 0 Å². The highest BCUT2D eigenvalue weighted by Crippen LogP contribution is 2.08. The maximum Gasteiger partial charge on any atom is 0.317 e. The highest BCUT2D eigenvalue weighted by molar-refractivity contribution is 5.73. The van der Waals surface area contributed by atoms with Gasteiger partial charge in [-0.1, -0.05) is 0 Å². The second-order valence-electron chi connectivity index (χ2n) is 6.81. The van der Waals surface area contributed by atoms with Crippen molar-refractivity contribution >= 4 is 29.8 Å². The van der Waals surface area contributed by atoms with Crippen LogP contribution in [0.5, 0.6) is 0 Å². The number of carboxylic acid groups (broad SMARTS) is 5. The summed E-state index contributed by atoms with van der Waals surface area (Å²) in [6.45, 7) is 0.274. The van der Waals surface area contributed by atoms with Gasteiger partial charge in [0, 0.05) is 38.6 Å². The standard InChI is InChI=1S/C17H29N3O10/c1-12(2-3-13(21)22)20(6-4-18(8-14(23)24)9-15(25)26)7-5-19(10-16(27)28)11-17(29)30/h12H,2-11H2,1H3,(H,21,22)(H,23,24)(H,25,26)(H,27,28)(H,29,30). The molecule has 0 fully saturated rings. The topological polar surface area (TPSA) is 196 Å². The minimum absolute atomic E-state index is 0.0634. The maximum atomic E-state index is 10.9. The van der Waals surface area contributed by atoms with Crippen molar-refractivity contribution in [3.63, 3.8) is 0 Å². The fraction of sp³-hybridized carbons (Fsp3) is 0.706. The van der Waals surface area contributed by atoms with Crippen LogP contribution in [0.25, 0.3) is 0 Å². The highest BCUT2D eigenvalue weighted by atomic mass is 16.4. The molecule has 5 N–H and O–H groups in total. The number of carbonyl (C=O) groups is 5. The molecule has 1 unspecified atom stereocenters. The van der Waals surface area contributed by atoms with E-state index in [4.69, 9.17) is 25.5 Å². The Labute approximate surface area is 173 Å². The minimum atomic E-state index is -1.20. The zero-order chi connectivity index (χ0) is 23.3. The molecule has 0 aliphatic heterocycles. The minimum Gasteiger partial charge on any atom is -0.481 e. The fourth-order valence-corrected chi connectivity index (χ4v) is 2.80. The molecule has 0 saturated carbocycles. The summed E-state index contributed by atoms with van der Waals surface area (Å²) in [5.74, 6) is -5.79. The zero-order valence-electron chi connectivity index (χ0n) is 16.8. The van der Waals surface area contributed by atoms with Gasteiger partial charge in [-0.3, -0.25) is 38.7 Å². The number of carboxylic acids is 5. The molecule has 0 aromatic carbocycles. The molecule has 1 atom stereocenters. The first-order valence-corrected chi connectivity index (χ1v) is 9.18. The molecule has 0 saturated heterocycles. The molecule has 172 valence electrons. The van der Waals surface area contributed by atoms with E-state index in [1.807, 2.05) is 0 Å². The third-order valence-electron chi connectivity index (χ3n) is 4.24. The lowest BCUT2D eigenvalue weighted by Gasteiger charge is -2.32. The van der Waals surface area contributed by atoms with Gasteiger partial charge in [0.2, 0.25) is 0 Å². The number of aliphatic carboxylic acids is 5. The van der Waals surface area contributed by atoms with Crippen LogP contribution in [0.4, 0.5) is 0 Å². The summed E-state index contributed by atoms with van der Waals surface area (Å²) in [6.07, 6.45) is 0.130. The van der Waals surface area contributed by atoms with Gasteiger partial charge in [0.25, 0.3) is 0 Å². The molecule has 0 bridgehead atoms. The van der Waals surface area contributed by atoms with E-state index in [0.717, 1.165) is 0 Å². The maximum absolute atomic E-state index is 10.9.